The van der Waals surface area contributed by atoms with Crippen LogP contribution in [0.15, 0.2) is 35.8 Å². The summed E-state index contributed by atoms with van der Waals surface area (Å²) >= 11 is 1.67. The molecular weight excluding hydrogens is 282 g/mol. The number of benzene rings is 1. The third-order valence-electron chi connectivity index (χ3n) is 3.37. The van der Waals surface area contributed by atoms with Gasteiger partial charge in [-0.2, -0.15) is 0 Å². The minimum atomic E-state index is 0.412. The maximum Gasteiger partial charge on any atom is 0.130 e. The largest absolute Gasteiger partial charge is 0.492 e. The number of nitrogens with zero attached hydrogens (tertiary/aromatic N) is 2. The van der Waals surface area contributed by atoms with Crippen molar-refractivity contribution in [3.63, 3.8) is 0 Å². The summed E-state index contributed by atoms with van der Waals surface area (Å²) < 4.78 is 5.97. The Bertz CT molecular complexity index is 754. The first-order valence-corrected chi connectivity index (χ1v) is 7.76. The number of fused-ring (bicyclic) bond motifs is 1. The molecule has 0 radical (unpaired) electrons. The highest BCUT2D eigenvalue weighted by Gasteiger charge is 2.07. The van der Waals surface area contributed by atoms with E-state index in [4.69, 9.17) is 10.5 Å². The van der Waals surface area contributed by atoms with Crippen LogP contribution in [0.1, 0.15) is 16.3 Å². The molecule has 0 unspecified atom stereocenters. The van der Waals surface area contributed by atoms with E-state index >= 15 is 0 Å². The molecule has 0 saturated carbocycles. The third-order valence-corrected chi connectivity index (χ3v) is 4.37. The van der Waals surface area contributed by atoms with Crippen LogP contribution >= 0.6 is 11.3 Å². The Morgan fingerprint density at radius 3 is 2.90 bits per heavy atom. The molecule has 0 spiro atoms. The molecule has 0 bridgehead atoms. The van der Waals surface area contributed by atoms with Gasteiger partial charge in [0.15, 0.2) is 0 Å². The smallest absolute Gasteiger partial charge is 0.130 e. The molecule has 21 heavy (non-hydrogen) atoms. The SMILES string of the molecule is Cc1ncsc1CCOc1cc(CN)nc2ccccc12. The van der Waals surface area contributed by atoms with E-state index in [1.165, 1.54) is 4.88 Å². The van der Waals surface area contributed by atoms with Crippen molar-refractivity contribution in [1.82, 2.24) is 9.97 Å². The van der Waals surface area contributed by atoms with E-state index in [2.05, 4.69) is 9.97 Å². The Labute approximate surface area is 127 Å². The Hall–Kier alpha value is -1.98. The summed E-state index contributed by atoms with van der Waals surface area (Å²) in [7, 11) is 0. The van der Waals surface area contributed by atoms with Crippen LogP contribution in [-0.2, 0) is 13.0 Å². The molecule has 1 aromatic carbocycles. The molecule has 0 atom stereocenters. The number of rotatable bonds is 5. The number of pyridine rings is 1. The van der Waals surface area contributed by atoms with Crippen molar-refractivity contribution in [3.05, 3.63) is 52.1 Å². The average molecular weight is 299 g/mol. The van der Waals surface area contributed by atoms with Gasteiger partial charge < -0.3 is 10.5 Å². The fraction of sp³-hybridized carbons (Fsp3) is 0.250. The average Bonchev–Trinajstić information content (AvgIpc) is 2.92. The topological polar surface area (TPSA) is 61.0 Å². The summed E-state index contributed by atoms with van der Waals surface area (Å²) in [5, 5.41) is 1.02. The van der Waals surface area contributed by atoms with Gasteiger partial charge in [-0.25, -0.2) is 4.98 Å². The van der Waals surface area contributed by atoms with Gasteiger partial charge in [-0.05, 0) is 19.1 Å². The fourth-order valence-corrected chi connectivity index (χ4v) is 3.00. The van der Waals surface area contributed by atoms with E-state index in [9.17, 15) is 0 Å². The molecule has 0 aliphatic carbocycles. The van der Waals surface area contributed by atoms with Crippen LogP contribution in [0.2, 0.25) is 0 Å². The molecule has 2 N–H and O–H groups in total. The lowest BCUT2D eigenvalue weighted by molar-refractivity contribution is 0.326. The number of thiazole rings is 1. The molecule has 4 nitrogen and oxygen atoms in total. The summed E-state index contributed by atoms with van der Waals surface area (Å²) in [5.41, 5.74) is 10.4. The zero-order chi connectivity index (χ0) is 14.7. The number of aryl methyl sites for hydroxylation is 1. The van der Waals surface area contributed by atoms with E-state index in [1.807, 2.05) is 42.8 Å². The maximum atomic E-state index is 5.97. The molecule has 5 heteroatoms. The molecular formula is C16H17N3OS. The first-order chi connectivity index (χ1) is 10.3. The molecule has 0 fully saturated rings. The van der Waals surface area contributed by atoms with Crippen LogP contribution in [0.25, 0.3) is 10.9 Å². The van der Waals surface area contributed by atoms with E-state index in [0.29, 0.717) is 13.2 Å². The molecule has 2 heterocycles. The van der Waals surface area contributed by atoms with Crippen LogP contribution in [0.3, 0.4) is 0 Å². The molecule has 3 aromatic rings. The van der Waals surface area contributed by atoms with Gasteiger partial charge in [0.2, 0.25) is 0 Å². The molecule has 2 aromatic heterocycles. The van der Waals surface area contributed by atoms with Gasteiger partial charge >= 0.3 is 0 Å². The van der Waals surface area contributed by atoms with Gasteiger partial charge in [-0.3, -0.25) is 4.98 Å². The van der Waals surface area contributed by atoms with Gasteiger partial charge in [0.05, 0.1) is 29.0 Å². The summed E-state index contributed by atoms with van der Waals surface area (Å²) in [6.45, 7) is 3.07. The highest BCUT2D eigenvalue weighted by molar-refractivity contribution is 7.09. The zero-order valence-electron chi connectivity index (χ0n) is 11.9. The van der Waals surface area contributed by atoms with Crippen molar-refractivity contribution in [2.75, 3.05) is 6.61 Å². The Morgan fingerprint density at radius 2 is 2.14 bits per heavy atom. The van der Waals surface area contributed by atoms with Gasteiger partial charge in [0.1, 0.15) is 5.75 Å². The van der Waals surface area contributed by atoms with Gasteiger partial charge in [-0.15, -0.1) is 11.3 Å². The van der Waals surface area contributed by atoms with E-state index in [-0.39, 0.29) is 0 Å². The predicted molar refractivity (Wildman–Crippen MR) is 85.7 cm³/mol. The van der Waals surface area contributed by atoms with Crippen molar-refractivity contribution in [2.45, 2.75) is 19.9 Å². The Balaban J connectivity index is 1.81. The van der Waals surface area contributed by atoms with Crippen LogP contribution in [-0.4, -0.2) is 16.6 Å². The minimum absolute atomic E-state index is 0.412. The number of para-hydroxylation sites is 1. The molecule has 3 rings (SSSR count). The van der Waals surface area contributed by atoms with Gasteiger partial charge in [-0.1, -0.05) is 12.1 Å². The van der Waals surface area contributed by atoms with Crippen LogP contribution in [0.4, 0.5) is 0 Å². The summed E-state index contributed by atoms with van der Waals surface area (Å²) in [6, 6.07) is 9.90. The summed E-state index contributed by atoms with van der Waals surface area (Å²) in [4.78, 5) is 10.0. The van der Waals surface area contributed by atoms with Gasteiger partial charge in [0.25, 0.3) is 0 Å². The predicted octanol–water partition coefficient (Wildman–Crippen LogP) is 3.08. The zero-order valence-corrected chi connectivity index (χ0v) is 12.7. The molecule has 0 aliphatic rings. The van der Waals surface area contributed by atoms with Crippen LogP contribution < -0.4 is 10.5 Å². The van der Waals surface area contributed by atoms with Crippen molar-refractivity contribution < 1.29 is 4.74 Å². The third kappa shape index (κ3) is 3.04. The first-order valence-electron chi connectivity index (χ1n) is 6.88. The van der Waals surface area contributed by atoms with E-state index in [1.54, 1.807) is 11.3 Å². The first kappa shape index (κ1) is 14.0. The Morgan fingerprint density at radius 1 is 1.29 bits per heavy atom. The lowest BCUT2D eigenvalue weighted by atomic mass is 10.2. The van der Waals surface area contributed by atoms with Crippen LogP contribution in [0, 0.1) is 6.92 Å². The number of ether oxygens (including phenoxy) is 1. The van der Waals surface area contributed by atoms with Crippen molar-refractivity contribution in [2.24, 2.45) is 5.73 Å². The quantitative estimate of drug-likeness (QED) is 0.786. The second-order valence-electron chi connectivity index (χ2n) is 4.79. The highest BCUT2D eigenvalue weighted by atomic mass is 32.1. The maximum absolute atomic E-state index is 5.97. The van der Waals surface area contributed by atoms with Crippen molar-refractivity contribution in [3.8, 4) is 5.75 Å². The number of aromatic nitrogens is 2. The number of nitrogens with two attached hydrogens (primary N) is 1. The number of hydrogen-bond donors (Lipinski definition) is 1. The lowest BCUT2D eigenvalue weighted by Crippen LogP contribution is -2.05. The summed E-state index contributed by atoms with van der Waals surface area (Å²) in [5.74, 6) is 0.850. The fourth-order valence-electron chi connectivity index (χ4n) is 2.24. The lowest BCUT2D eigenvalue weighted by Gasteiger charge is -2.10. The second-order valence-corrected chi connectivity index (χ2v) is 5.73. The van der Waals surface area contributed by atoms with Crippen molar-refractivity contribution >= 4 is 22.2 Å². The number of hydrogen-bond acceptors (Lipinski definition) is 5. The molecule has 0 aliphatic heterocycles. The second kappa shape index (κ2) is 6.20. The normalized spacial score (nSPS) is 11.0. The molecule has 0 amide bonds. The molecule has 0 saturated heterocycles. The monoisotopic (exact) mass is 299 g/mol. The minimum Gasteiger partial charge on any atom is -0.492 e. The highest BCUT2D eigenvalue weighted by Crippen LogP contribution is 2.25. The van der Waals surface area contributed by atoms with Crippen LogP contribution in [0.5, 0.6) is 5.75 Å². The molecule has 108 valence electrons. The van der Waals surface area contributed by atoms with Crippen molar-refractivity contribution in [1.29, 1.82) is 0 Å². The standard InChI is InChI=1S/C16H17N3OS/c1-11-16(21-10-18-11)6-7-20-15-8-12(9-17)19-14-5-3-2-4-13(14)15/h2-5,8,10H,6-7,9,17H2,1H3. The van der Waals surface area contributed by atoms with Gasteiger partial charge in [0, 0.05) is 29.3 Å². The van der Waals surface area contributed by atoms with E-state index in [0.717, 1.165) is 34.5 Å². The summed E-state index contributed by atoms with van der Waals surface area (Å²) in [6.07, 6.45) is 0.866. The Kier molecular flexibility index (Phi) is 4.13. The van der Waals surface area contributed by atoms with E-state index < -0.39 is 0 Å².